The minimum absolute atomic E-state index is 0.388. The summed E-state index contributed by atoms with van der Waals surface area (Å²) in [4.78, 5) is 10.1. The lowest BCUT2D eigenvalue weighted by Gasteiger charge is -2.05. The molecule has 0 saturated carbocycles. The molecule has 0 radical (unpaired) electrons. The molecule has 92 valence electrons. The Kier molecular flexibility index (Phi) is 3.37. The Bertz CT molecular complexity index is 692. The molecular formula is C12H9BrClN3S. The molecule has 18 heavy (non-hydrogen) atoms. The predicted molar refractivity (Wildman–Crippen MR) is 78.2 cm³/mol. The van der Waals surface area contributed by atoms with Crippen LogP contribution in [0.4, 0.5) is 0 Å². The van der Waals surface area contributed by atoms with Gasteiger partial charge in [0.25, 0.3) is 0 Å². The molecule has 0 aliphatic rings. The second kappa shape index (κ2) is 4.99. The van der Waals surface area contributed by atoms with E-state index in [4.69, 9.17) is 11.6 Å². The fourth-order valence-electron chi connectivity index (χ4n) is 1.86. The molecule has 0 bridgehead atoms. The Hall–Kier alpha value is -0.910. The molecule has 3 nitrogen and oxygen atoms in total. The van der Waals surface area contributed by atoms with E-state index in [1.54, 1.807) is 17.5 Å². The van der Waals surface area contributed by atoms with Gasteiger partial charge in [-0.3, -0.25) is 0 Å². The summed E-state index contributed by atoms with van der Waals surface area (Å²) in [6.45, 7) is 0.744. The molecule has 3 rings (SSSR count). The monoisotopic (exact) mass is 341 g/mol. The second-order valence-corrected chi connectivity index (χ2v) is 5.91. The Morgan fingerprint density at radius 1 is 1.39 bits per heavy atom. The zero-order valence-electron chi connectivity index (χ0n) is 9.31. The van der Waals surface area contributed by atoms with Gasteiger partial charge < -0.3 is 4.57 Å². The lowest BCUT2D eigenvalue weighted by Crippen LogP contribution is -2.03. The third-order valence-corrected chi connectivity index (χ3v) is 4.85. The van der Waals surface area contributed by atoms with Crippen LogP contribution in [-0.4, -0.2) is 14.5 Å². The van der Waals surface area contributed by atoms with E-state index < -0.39 is 0 Å². The number of thiophene rings is 1. The molecule has 0 aliphatic heterocycles. The Balaban J connectivity index is 2.12. The van der Waals surface area contributed by atoms with Gasteiger partial charge in [0.2, 0.25) is 0 Å². The van der Waals surface area contributed by atoms with Crippen LogP contribution in [0.3, 0.4) is 0 Å². The normalized spacial score (nSPS) is 11.2. The Morgan fingerprint density at radius 3 is 3.00 bits per heavy atom. The highest BCUT2D eigenvalue weighted by atomic mass is 79.9. The first-order valence-electron chi connectivity index (χ1n) is 5.37. The zero-order valence-corrected chi connectivity index (χ0v) is 12.5. The average molecular weight is 343 g/mol. The van der Waals surface area contributed by atoms with E-state index in [0.717, 1.165) is 28.0 Å². The topological polar surface area (TPSA) is 30.7 Å². The van der Waals surface area contributed by atoms with E-state index in [1.165, 1.54) is 4.88 Å². The van der Waals surface area contributed by atoms with E-state index in [-0.39, 0.29) is 0 Å². The van der Waals surface area contributed by atoms with Crippen molar-refractivity contribution in [3.05, 3.63) is 45.0 Å². The van der Waals surface area contributed by atoms with Crippen LogP contribution in [0.25, 0.3) is 11.2 Å². The standard InChI is InChI=1S/C12H9BrClN3S/c13-8-3-5-18-10(8)7-17-11(6-14)16-9-2-1-4-15-12(9)17/h1-5H,6-7H2. The highest BCUT2D eigenvalue weighted by molar-refractivity contribution is 9.10. The molecule has 3 aromatic rings. The molecule has 0 spiro atoms. The maximum Gasteiger partial charge on any atom is 0.160 e. The Labute approximate surface area is 122 Å². The van der Waals surface area contributed by atoms with E-state index >= 15 is 0 Å². The highest BCUT2D eigenvalue weighted by Crippen LogP contribution is 2.26. The maximum absolute atomic E-state index is 5.96. The molecule has 0 amide bonds. The van der Waals surface area contributed by atoms with Crippen molar-refractivity contribution in [1.82, 2.24) is 14.5 Å². The second-order valence-electron chi connectivity index (χ2n) is 3.79. The van der Waals surface area contributed by atoms with Crippen molar-refractivity contribution in [1.29, 1.82) is 0 Å². The van der Waals surface area contributed by atoms with Crippen LogP contribution in [0.5, 0.6) is 0 Å². The maximum atomic E-state index is 5.96. The van der Waals surface area contributed by atoms with Crippen molar-refractivity contribution in [2.24, 2.45) is 0 Å². The van der Waals surface area contributed by atoms with Crippen LogP contribution in [0.15, 0.2) is 34.2 Å². The van der Waals surface area contributed by atoms with E-state index in [0.29, 0.717) is 5.88 Å². The van der Waals surface area contributed by atoms with E-state index in [1.807, 2.05) is 18.2 Å². The molecule has 0 unspecified atom stereocenters. The van der Waals surface area contributed by atoms with Crippen molar-refractivity contribution in [3.8, 4) is 0 Å². The average Bonchev–Trinajstić information content (AvgIpc) is 2.95. The number of pyridine rings is 1. The number of aromatic nitrogens is 3. The van der Waals surface area contributed by atoms with Crippen LogP contribution in [0.1, 0.15) is 10.7 Å². The quantitative estimate of drug-likeness (QED) is 0.673. The van der Waals surface area contributed by atoms with Gasteiger partial charge in [-0.25, -0.2) is 9.97 Å². The highest BCUT2D eigenvalue weighted by Gasteiger charge is 2.12. The van der Waals surface area contributed by atoms with Crippen molar-refractivity contribution in [2.75, 3.05) is 0 Å². The van der Waals surface area contributed by atoms with Crippen LogP contribution in [-0.2, 0) is 12.4 Å². The van der Waals surface area contributed by atoms with Crippen LogP contribution in [0.2, 0.25) is 0 Å². The number of halogens is 2. The molecule has 0 fully saturated rings. The summed E-state index contributed by atoms with van der Waals surface area (Å²) in [6.07, 6.45) is 1.78. The van der Waals surface area contributed by atoms with Gasteiger partial charge in [-0.2, -0.15) is 0 Å². The smallest absolute Gasteiger partial charge is 0.160 e. The fourth-order valence-corrected chi connectivity index (χ4v) is 3.52. The lowest BCUT2D eigenvalue weighted by atomic mass is 10.4. The summed E-state index contributed by atoms with van der Waals surface area (Å²) in [6, 6.07) is 5.89. The molecule has 0 N–H and O–H groups in total. The van der Waals surface area contributed by atoms with E-state index in [9.17, 15) is 0 Å². The zero-order chi connectivity index (χ0) is 12.5. The third-order valence-electron chi connectivity index (χ3n) is 2.70. The van der Waals surface area contributed by atoms with Gasteiger partial charge in [-0.1, -0.05) is 0 Å². The first-order valence-corrected chi connectivity index (χ1v) is 7.58. The van der Waals surface area contributed by atoms with Crippen LogP contribution < -0.4 is 0 Å². The number of hydrogen-bond acceptors (Lipinski definition) is 3. The molecule has 0 aromatic carbocycles. The molecule has 0 saturated heterocycles. The minimum atomic E-state index is 0.388. The first-order chi connectivity index (χ1) is 8.79. The van der Waals surface area contributed by atoms with Gasteiger partial charge in [0.15, 0.2) is 5.65 Å². The van der Waals surface area contributed by atoms with Crippen LogP contribution in [0, 0.1) is 0 Å². The van der Waals surface area contributed by atoms with Gasteiger partial charge in [0.05, 0.1) is 12.4 Å². The molecule has 6 heteroatoms. The number of hydrogen-bond donors (Lipinski definition) is 0. The van der Waals surface area contributed by atoms with Gasteiger partial charge in [-0.05, 0) is 39.5 Å². The molecule has 0 aliphatic carbocycles. The number of imidazole rings is 1. The van der Waals surface area contributed by atoms with E-state index in [2.05, 4.69) is 35.8 Å². The van der Waals surface area contributed by atoms with Crippen molar-refractivity contribution >= 4 is 50.0 Å². The summed E-state index contributed by atoms with van der Waals surface area (Å²) >= 11 is 11.2. The van der Waals surface area contributed by atoms with Crippen molar-refractivity contribution in [3.63, 3.8) is 0 Å². The van der Waals surface area contributed by atoms with Crippen molar-refractivity contribution < 1.29 is 0 Å². The van der Waals surface area contributed by atoms with Gasteiger partial charge in [0.1, 0.15) is 11.3 Å². The largest absolute Gasteiger partial charge is 0.306 e. The van der Waals surface area contributed by atoms with Gasteiger partial charge in [0, 0.05) is 15.5 Å². The SMILES string of the molecule is ClCc1nc2cccnc2n1Cc1sccc1Br. The number of nitrogens with zero attached hydrogens (tertiary/aromatic N) is 3. The van der Waals surface area contributed by atoms with Crippen LogP contribution >= 0.6 is 38.9 Å². The molecule has 0 atom stereocenters. The third kappa shape index (κ3) is 2.06. The Morgan fingerprint density at radius 2 is 2.28 bits per heavy atom. The van der Waals surface area contributed by atoms with Crippen molar-refractivity contribution in [2.45, 2.75) is 12.4 Å². The van der Waals surface area contributed by atoms with Gasteiger partial charge >= 0.3 is 0 Å². The van der Waals surface area contributed by atoms with Gasteiger partial charge in [-0.15, -0.1) is 22.9 Å². The molecule has 3 aromatic heterocycles. The summed E-state index contributed by atoms with van der Waals surface area (Å²) in [5.74, 6) is 1.24. The minimum Gasteiger partial charge on any atom is -0.306 e. The summed E-state index contributed by atoms with van der Waals surface area (Å²) in [5, 5.41) is 2.06. The number of fused-ring (bicyclic) bond motifs is 1. The summed E-state index contributed by atoms with van der Waals surface area (Å²) < 4.78 is 3.18. The summed E-state index contributed by atoms with van der Waals surface area (Å²) in [5.41, 5.74) is 1.77. The number of rotatable bonds is 3. The molecule has 3 heterocycles. The predicted octanol–water partition coefficient (Wildman–Crippen LogP) is 4.04. The lowest BCUT2D eigenvalue weighted by molar-refractivity contribution is 0.778. The summed E-state index contributed by atoms with van der Waals surface area (Å²) in [7, 11) is 0. The fraction of sp³-hybridized carbons (Fsp3) is 0.167. The first kappa shape index (κ1) is 12.1. The number of alkyl halides is 1. The molecular weight excluding hydrogens is 334 g/mol.